The summed E-state index contributed by atoms with van der Waals surface area (Å²) in [5.74, 6) is 4.20. The van der Waals surface area contributed by atoms with E-state index in [0.29, 0.717) is 0 Å². The zero-order valence-corrected chi connectivity index (χ0v) is 15.7. The highest BCUT2D eigenvalue weighted by atomic mass is 35.5. The van der Waals surface area contributed by atoms with Crippen LogP contribution in [0.5, 0.6) is 5.75 Å². The van der Waals surface area contributed by atoms with E-state index in [-0.39, 0.29) is 6.04 Å². The Morgan fingerprint density at radius 2 is 1.70 bits per heavy atom. The number of rotatable bonds is 4. The molecule has 0 spiro atoms. The summed E-state index contributed by atoms with van der Waals surface area (Å²) in [6.45, 7) is 6.71. The minimum absolute atomic E-state index is 0.102. The lowest BCUT2D eigenvalue weighted by Gasteiger charge is -2.18. The Balaban J connectivity index is 2.36. The number of benzene rings is 2. The maximum absolute atomic E-state index is 6.00. The minimum Gasteiger partial charge on any atom is -0.495 e. The van der Waals surface area contributed by atoms with Crippen molar-refractivity contribution in [3.8, 4) is 17.2 Å². The van der Waals surface area contributed by atoms with Crippen molar-refractivity contribution < 1.29 is 4.74 Å². The van der Waals surface area contributed by atoms with E-state index in [1.807, 2.05) is 48.5 Å². The number of para-hydroxylation sites is 2. The van der Waals surface area contributed by atoms with Crippen molar-refractivity contribution in [2.45, 2.75) is 25.7 Å². The van der Waals surface area contributed by atoms with E-state index in [9.17, 15) is 0 Å². The highest BCUT2D eigenvalue weighted by Gasteiger charge is 2.13. The molecular weight excluding hydrogens is 322 g/mol. The molecule has 0 aliphatic carbocycles. The van der Waals surface area contributed by atoms with Gasteiger partial charge >= 0.3 is 0 Å². The first-order valence-electron chi connectivity index (χ1n) is 7.57. The average Bonchev–Trinajstić information content (AvgIpc) is 2.52. The Morgan fingerprint density at radius 1 is 1.04 bits per heavy atom. The summed E-state index contributed by atoms with van der Waals surface area (Å²) < 4.78 is 5.42. The molecule has 0 bridgehead atoms. The molecule has 1 atom stereocenters. The minimum atomic E-state index is -1.46. The van der Waals surface area contributed by atoms with E-state index < -0.39 is 8.07 Å². The van der Waals surface area contributed by atoms with Crippen LogP contribution in [0.2, 0.25) is 24.7 Å². The monoisotopic (exact) mass is 343 g/mol. The molecule has 0 saturated heterocycles. The van der Waals surface area contributed by atoms with Gasteiger partial charge in [-0.05, 0) is 29.8 Å². The average molecular weight is 344 g/mol. The Labute approximate surface area is 144 Å². The number of nitrogens with one attached hydrogen (secondary N) is 1. The molecule has 0 aliphatic heterocycles. The van der Waals surface area contributed by atoms with E-state index >= 15 is 0 Å². The predicted molar refractivity (Wildman–Crippen MR) is 102 cm³/mol. The fourth-order valence-electron chi connectivity index (χ4n) is 2.07. The Bertz CT molecular complexity index is 711. The molecule has 120 valence electrons. The van der Waals surface area contributed by atoms with Crippen molar-refractivity contribution in [1.82, 2.24) is 0 Å². The third-order valence-corrected chi connectivity index (χ3v) is 4.35. The van der Waals surface area contributed by atoms with Gasteiger partial charge in [-0.15, -0.1) is 5.54 Å². The van der Waals surface area contributed by atoms with Gasteiger partial charge in [0.15, 0.2) is 0 Å². The van der Waals surface area contributed by atoms with Gasteiger partial charge in [0.05, 0.1) is 12.8 Å². The molecule has 0 saturated carbocycles. The van der Waals surface area contributed by atoms with Crippen molar-refractivity contribution in [2.24, 2.45) is 0 Å². The fourth-order valence-corrected chi connectivity index (χ4v) is 2.77. The van der Waals surface area contributed by atoms with Crippen LogP contribution in [0.25, 0.3) is 0 Å². The predicted octanol–water partition coefficient (Wildman–Crippen LogP) is 5.38. The largest absolute Gasteiger partial charge is 0.495 e. The van der Waals surface area contributed by atoms with Crippen LogP contribution >= 0.6 is 11.6 Å². The van der Waals surface area contributed by atoms with E-state index in [1.54, 1.807) is 7.11 Å². The highest BCUT2D eigenvalue weighted by molar-refractivity contribution is 6.83. The summed E-state index contributed by atoms with van der Waals surface area (Å²) in [5.41, 5.74) is 5.46. The first-order valence-corrected chi connectivity index (χ1v) is 11.4. The number of ether oxygens (including phenoxy) is 1. The lowest BCUT2D eigenvalue weighted by atomic mass is 10.1. The summed E-state index contributed by atoms with van der Waals surface area (Å²) in [6, 6.07) is 15.6. The summed E-state index contributed by atoms with van der Waals surface area (Å²) in [5, 5.41) is 4.21. The first kappa shape index (κ1) is 17.5. The number of hydrogen-bond acceptors (Lipinski definition) is 2. The lowest BCUT2D eigenvalue weighted by Crippen LogP contribution is -2.18. The van der Waals surface area contributed by atoms with Gasteiger partial charge in [-0.1, -0.05) is 61.4 Å². The molecule has 0 aromatic heterocycles. The molecular formula is C19H22ClNOSi. The first-order chi connectivity index (χ1) is 10.9. The summed E-state index contributed by atoms with van der Waals surface area (Å²) >= 11 is 6.00. The molecule has 0 unspecified atom stereocenters. The van der Waals surface area contributed by atoms with Crippen LogP contribution in [0, 0.1) is 11.5 Å². The molecule has 4 heteroatoms. The summed E-state index contributed by atoms with van der Waals surface area (Å²) in [7, 11) is 0.211. The smallest absolute Gasteiger partial charge is 0.141 e. The van der Waals surface area contributed by atoms with Crippen LogP contribution in [0.1, 0.15) is 11.6 Å². The van der Waals surface area contributed by atoms with Gasteiger partial charge in [-0.25, -0.2) is 0 Å². The summed E-state index contributed by atoms with van der Waals surface area (Å²) in [4.78, 5) is 0. The zero-order valence-electron chi connectivity index (χ0n) is 14.0. The zero-order chi connectivity index (χ0) is 16.9. The molecule has 0 fully saturated rings. The quantitative estimate of drug-likeness (QED) is 0.594. The van der Waals surface area contributed by atoms with Gasteiger partial charge in [-0.2, -0.15) is 0 Å². The van der Waals surface area contributed by atoms with Crippen LogP contribution in [-0.2, 0) is 0 Å². The second-order valence-corrected chi connectivity index (χ2v) is 11.5. The van der Waals surface area contributed by atoms with Crippen LogP contribution in [-0.4, -0.2) is 15.2 Å². The maximum atomic E-state index is 6.00. The van der Waals surface area contributed by atoms with Crippen molar-refractivity contribution >= 4 is 25.4 Å². The Kier molecular flexibility index (Phi) is 5.76. The molecule has 0 radical (unpaired) electrons. The molecule has 0 aliphatic rings. The van der Waals surface area contributed by atoms with E-state index in [1.165, 1.54) is 0 Å². The number of methoxy groups -OCH3 is 1. The normalized spacial score (nSPS) is 12.0. The molecule has 2 aromatic rings. The molecule has 23 heavy (non-hydrogen) atoms. The van der Waals surface area contributed by atoms with Crippen molar-refractivity contribution in [3.05, 3.63) is 59.1 Å². The van der Waals surface area contributed by atoms with Gasteiger partial charge < -0.3 is 10.1 Å². The Hall–Kier alpha value is -1.89. The fraction of sp³-hybridized carbons (Fsp3) is 0.263. The Morgan fingerprint density at radius 3 is 2.30 bits per heavy atom. The third-order valence-electron chi connectivity index (χ3n) is 3.20. The van der Waals surface area contributed by atoms with Crippen molar-refractivity contribution in [2.75, 3.05) is 12.4 Å². The van der Waals surface area contributed by atoms with E-state index in [4.69, 9.17) is 16.3 Å². The van der Waals surface area contributed by atoms with Gasteiger partial charge in [0.1, 0.15) is 19.9 Å². The van der Waals surface area contributed by atoms with Crippen LogP contribution < -0.4 is 10.1 Å². The second kappa shape index (κ2) is 7.59. The summed E-state index contributed by atoms with van der Waals surface area (Å²) in [6.07, 6.45) is 0. The second-order valence-electron chi connectivity index (χ2n) is 6.35. The van der Waals surface area contributed by atoms with Crippen LogP contribution in [0.15, 0.2) is 48.5 Å². The van der Waals surface area contributed by atoms with Gasteiger partial charge in [0.25, 0.3) is 0 Å². The van der Waals surface area contributed by atoms with Gasteiger partial charge in [0.2, 0.25) is 0 Å². The molecule has 2 nitrogen and oxygen atoms in total. The standard InChI is InChI=1S/C19H22ClNOSi/c1-22-19-8-6-5-7-18(19)21-17(13-14-23(2,3)4)15-9-11-16(20)12-10-15/h5-12,17,21H,1-4H3/t17-/m0/s1. The van der Waals surface area contributed by atoms with Gasteiger partial charge in [0, 0.05) is 5.02 Å². The van der Waals surface area contributed by atoms with Crippen molar-refractivity contribution in [1.29, 1.82) is 0 Å². The topological polar surface area (TPSA) is 21.3 Å². The van der Waals surface area contributed by atoms with Crippen LogP contribution in [0.3, 0.4) is 0 Å². The highest BCUT2D eigenvalue weighted by Crippen LogP contribution is 2.28. The molecule has 2 rings (SSSR count). The van der Waals surface area contributed by atoms with Crippen molar-refractivity contribution in [3.63, 3.8) is 0 Å². The SMILES string of the molecule is COc1ccccc1N[C@@H](C#C[Si](C)(C)C)c1ccc(Cl)cc1. The number of hydrogen-bond donors (Lipinski definition) is 1. The van der Waals surface area contributed by atoms with E-state index in [2.05, 4.69) is 36.4 Å². The lowest BCUT2D eigenvalue weighted by molar-refractivity contribution is 0.416. The number of halogens is 1. The van der Waals surface area contributed by atoms with E-state index in [0.717, 1.165) is 22.0 Å². The maximum Gasteiger partial charge on any atom is 0.141 e. The van der Waals surface area contributed by atoms with Gasteiger partial charge in [-0.3, -0.25) is 0 Å². The molecule has 1 N–H and O–H groups in total. The molecule has 2 aromatic carbocycles. The third kappa shape index (κ3) is 5.35. The molecule has 0 amide bonds. The van der Waals surface area contributed by atoms with Crippen LogP contribution in [0.4, 0.5) is 5.69 Å². The molecule has 0 heterocycles. The number of anilines is 1.